The molecule has 0 spiro atoms. The molecule has 0 aliphatic carbocycles. The Morgan fingerprint density at radius 2 is 1.69 bits per heavy atom. The predicted octanol–water partition coefficient (Wildman–Crippen LogP) is 4.74. The van der Waals surface area contributed by atoms with Crippen molar-refractivity contribution in [3.63, 3.8) is 0 Å². The maximum atomic E-state index is 14.1. The van der Waals surface area contributed by atoms with Crippen molar-refractivity contribution in [3.8, 4) is 17.2 Å². The maximum absolute atomic E-state index is 14.1. The Hall–Kier alpha value is -6.04. The highest BCUT2D eigenvalue weighted by atomic mass is 32.2. The topological polar surface area (TPSA) is 274 Å². The van der Waals surface area contributed by atoms with E-state index in [2.05, 4.69) is 14.9 Å². The van der Waals surface area contributed by atoms with Crippen LogP contribution in [0.2, 0.25) is 0 Å². The highest BCUT2D eigenvalue weighted by molar-refractivity contribution is 8.03. The molecule has 6 N–H and O–H groups in total. The number of piperidine rings is 1. The van der Waals surface area contributed by atoms with Crippen LogP contribution in [0.1, 0.15) is 106 Å². The van der Waals surface area contributed by atoms with Gasteiger partial charge in [-0.25, -0.2) is 19.5 Å². The molecule has 3 aromatic rings. The van der Waals surface area contributed by atoms with Crippen molar-refractivity contribution in [1.29, 1.82) is 0 Å². The fraction of sp³-hybridized carbons (Fsp3) is 0.527. The van der Waals surface area contributed by atoms with Crippen LogP contribution in [-0.4, -0.2) is 145 Å². The highest BCUT2D eigenvalue weighted by Gasteiger charge is 2.60. The first-order valence-electron chi connectivity index (χ1n) is 26.1. The molecule has 22 heteroatoms. The van der Waals surface area contributed by atoms with Crippen LogP contribution in [0.4, 0.5) is 0 Å². The lowest BCUT2D eigenvalue weighted by Crippen LogP contribution is -2.63. The molecule has 4 heterocycles. The number of aliphatic hydroxyl groups is 1. The monoisotopic (exact) mass is 1100 g/mol. The van der Waals surface area contributed by atoms with E-state index in [-0.39, 0.29) is 55.1 Å². The number of nitrogens with zero attached hydrogens (tertiary/aromatic N) is 3. The largest absolute Gasteiger partial charge is 0.493 e. The van der Waals surface area contributed by atoms with Gasteiger partial charge in [0, 0.05) is 59.3 Å². The lowest BCUT2D eigenvalue weighted by Gasteiger charge is -2.46. The zero-order valence-corrected chi connectivity index (χ0v) is 46.3. The van der Waals surface area contributed by atoms with Gasteiger partial charge in [0.05, 0.1) is 38.8 Å². The number of carboxylic acid groups (broad SMARTS) is 1. The lowest BCUT2D eigenvalue weighted by molar-refractivity contribution is -0.164. The number of carbonyl (C=O) groups excluding carboxylic acids is 5. The number of carboxylic acids is 1. The van der Waals surface area contributed by atoms with Crippen LogP contribution in [0.3, 0.4) is 0 Å². The molecular weight excluding hydrogens is 1030 g/mol. The van der Waals surface area contributed by atoms with Crippen molar-refractivity contribution in [2.75, 3.05) is 47.0 Å². The Kier molecular flexibility index (Phi) is 19.2. The third kappa shape index (κ3) is 13.8. The van der Waals surface area contributed by atoms with Crippen molar-refractivity contribution in [3.05, 3.63) is 99.6 Å². The number of nitrogens with two attached hydrogens (primary N) is 1. The number of fused-ring (bicyclic) bond motifs is 1. The second-order valence-electron chi connectivity index (χ2n) is 20.8. The number of aryl methyl sites for hydroxylation is 1. The van der Waals surface area contributed by atoms with E-state index in [0.29, 0.717) is 91.3 Å². The van der Waals surface area contributed by atoms with Gasteiger partial charge in [-0.1, -0.05) is 58.0 Å². The molecule has 0 radical (unpaired) electrons. The fourth-order valence-electron chi connectivity index (χ4n) is 10.6. The van der Waals surface area contributed by atoms with Gasteiger partial charge in [0.25, 0.3) is 22.0 Å². The molecule has 4 aliphatic heterocycles. The van der Waals surface area contributed by atoms with E-state index in [9.17, 15) is 47.4 Å². The minimum Gasteiger partial charge on any atom is -0.493 e. The van der Waals surface area contributed by atoms with Gasteiger partial charge in [-0.3, -0.25) is 24.1 Å². The number of aliphatic carboxylic acids is 1. The summed E-state index contributed by atoms with van der Waals surface area (Å²) in [6, 6.07) is 18.0. The van der Waals surface area contributed by atoms with E-state index in [1.165, 1.54) is 28.5 Å². The fourth-order valence-corrected chi connectivity index (χ4v) is 12.6. The van der Waals surface area contributed by atoms with E-state index >= 15 is 0 Å². The van der Waals surface area contributed by atoms with Gasteiger partial charge in [-0.2, -0.15) is 8.42 Å². The number of thioether (sulfide) groups is 1. The van der Waals surface area contributed by atoms with Gasteiger partial charge >= 0.3 is 11.9 Å². The first kappa shape index (κ1) is 58.6. The van der Waals surface area contributed by atoms with Crippen LogP contribution >= 0.6 is 11.8 Å². The van der Waals surface area contributed by atoms with Gasteiger partial charge in [0.1, 0.15) is 30.2 Å². The Balaban J connectivity index is 0.971. The van der Waals surface area contributed by atoms with Gasteiger partial charge in [0.15, 0.2) is 11.5 Å². The molecule has 0 bridgehead atoms. The minimum absolute atomic E-state index is 0.0136. The van der Waals surface area contributed by atoms with E-state index in [0.717, 1.165) is 11.1 Å². The van der Waals surface area contributed by atoms with Gasteiger partial charge < -0.3 is 44.3 Å². The number of nitrogens with one attached hydrogen (secondary N) is 2. The van der Waals surface area contributed by atoms with Crippen LogP contribution in [0.25, 0.3) is 0 Å². The number of hydrogen-bond acceptors (Lipinski definition) is 15. The number of hydrogen-bond donors (Lipinski definition) is 5. The maximum Gasteiger partial charge on any atom is 0.353 e. The molecule has 8 atom stereocenters. The van der Waals surface area contributed by atoms with Crippen molar-refractivity contribution < 1.29 is 66.3 Å². The molecule has 0 unspecified atom stereocenters. The second kappa shape index (κ2) is 25.2. The summed E-state index contributed by atoms with van der Waals surface area (Å²) in [5.74, 6) is -3.21. The average molecular weight is 1110 g/mol. The molecule has 0 saturated carbocycles. The Morgan fingerprint density at radius 3 is 2.35 bits per heavy atom. The summed E-state index contributed by atoms with van der Waals surface area (Å²) >= 11 is 1.37. The summed E-state index contributed by atoms with van der Waals surface area (Å²) in [6.45, 7) is 10.1. The number of esters is 1. The normalized spacial score (nSPS) is 22.4. The van der Waals surface area contributed by atoms with Crippen molar-refractivity contribution >= 4 is 57.4 Å². The zero-order valence-electron chi connectivity index (χ0n) is 44.7. The molecule has 4 aliphatic rings. The van der Waals surface area contributed by atoms with Crippen LogP contribution < -0.4 is 29.4 Å². The zero-order chi connectivity index (χ0) is 55.9. The number of amides is 3. The van der Waals surface area contributed by atoms with Crippen LogP contribution in [-0.2, 0) is 51.9 Å². The number of carbonyl (C=O) groups is 6. The van der Waals surface area contributed by atoms with Crippen molar-refractivity contribution in [2.45, 2.75) is 122 Å². The highest BCUT2D eigenvalue weighted by Crippen LogP contribution is 2.52. The number of aliphatic hydroxyl groups excluding tert-OH is 1. The Labute approximate surface area is 454 Å². The molecular formula is C55H72N6O14S2. The molecule has 3 fully saturated rings. The molecule has 20 nitrogen and oxygen atoms in total. The third-order valence-corrected chi connectivity index (χ3v) is 17.3. The summed E-state index contributed by atoms with van der Waals surface area (Å²) in [5, 5.41) is 28.5. The van der Waals surface area contributed by atoms with Gasteiger partial charge in [-0.15, -0.1) is 11.8 Å². The number of β-lactam (4-membered cyclic amide) rings is 1. The van der Waals surface area contributed by atoms with Crippen molar-refractivity contribution in [2.24, 2.45) is 22.4 Å². The number of methoxy groups -OCH3 is 2. The standard InChI is InChI=1S/C55H72N6O14S2/c1-8-55(4,5)49(63)52(66)60-24-10-9-14-41(60)54(69)75-42(21-17-34-18-22-43(72-6)44(26-34)73-7)37-12-11-13-39(27-37)74-25-23-57-50(64)36-19-15-35(16-20-36)30-59-31-40(28-38(59)29-58-77(56,70)71)76-48-32(2)46-45(33(3)62)51(65)61(46)47(48)53(67)68/h11-13,15-16,18-20,22,26-27,32-33,38,40-42,45-46,58,62H,8-10,14,17,21,23-25,28-31H2,1-7H3,(H,57,64)(H,67,68)(H2,56,70,71)/t32-,33-,38+,40+,41+,42-,45-,46-/m1/s1. The number of ketones is 1. The average Bonchev–Trinajstić information content (AvgIpc) is 3.96. The number of benzene rings is 3. The number of likely N-dealkylation sites (tertiary alicyclic amines) is 2. The van der Waals surface area contributed by atoms with Crippen molar-refractivity contribution in [1.82, 2.24) is 24.7 Å². The lowest BCUT2D eigenvalue weighted by atomic mass is 9.79. The number of Topliss-reactive ketones (excluding diaryl/α,β-unsaturated/α-hetero) is 1. The quantitative estimate of drug-likeness (QED) is 0.0332. The van der Waals surface area contributed by atoms with Crippen LogP contribution in [0.5, 0.6) is 17.2 Å². The Bertz CT molecular complexity index is 2830. The summed E-state index contributed by atoms with van der Waals surface area (Å²) in [4.78, 5) is 85.0. The molecule has 3 saturated heterocycles. The Morgan fingerprint density at radius 1 is 0.974 bits per heavy atom. The molecule has 3 aromatic carbocycles. The van der Waals surface area contributed by atoms with E-state index in [1.807, 2.05) is 44.2 Å². The second-order valence-corrected chi connectivity index (χ2v) is 23.5. The number of ether oxygens (including phenoxy) is 4. The molecule has 0 aromatic heterocycles. The first-order chi connectivity index (χ1) is 36.5. The summed E-state index contributed by atoms with van der Waals surface area (Å²) < 4.78 is 49.6. The van der Waals surface area contributed by atoms with E-state index in [1.54, 1.807) is 64.5 Å². The minimum atomic E-state index is -4.01. The summed E-state index contributed by atoms with van der Waals surface area (Å²) in [5.41, 5.74) is 1.84. The van der Waals surface area contributed by atoms with Crippen LogP contribution in [0.15, 0.2) is 77.3 Å². The van der Waals surface area contributed by atoms with Gasteiger partial charge in [-0.05, 0) is 105 Å². The van der Waals surface area contributed by atoms with E-state index in [4.69, 9.17) is 24.1 Å². The smallest absolute Gasteiger partial charge is 0.353 e. The van der Waals surface area contributed by atoms with Gasteiger partial charge in [0.2, 0.25) is 11.7 Å². The predicted molar refractivity (Wildman–Crippen MR) is 287 cm³/mol. The first-order valence-corrected chi connectivity index (χ1v) is 28.5. The molecule has 418 valence electrons. The third-order valence-electron chi connectivity index (χ3n) is 15.2. The van der Waals surface area contributed by atoms with E-state index < -0.39 is 75.4 Å². The molecule has 3 amide bonds. The molecule has 77 heavy (non-hydrogen) atoms. The van der Waals surface area contributed by atoms with Crippen LogP contribution in [0, 0.1) is 17.3 Å². The number of rotatable bonds is 25. The summed E-state index contributed by atoms with van der Waals surface area (Å²) in [7, 11) is -0.904. The SMILES string of the molecule is CCC(C)(C)C(=O)C(=O)N1CCCC[C@H]1C(=O)O[C@H](CCc1ccc(OC)c(OC)c1)c1cccc(OCCNC(=O)c2ccc(CN3C[C@@H](SC4=C(C(=O)O)N5C(=O)[C@H]([C@@H](C)O)[C@H]5[C@H]4C)C[C@H]3CNS(N)(=O)=O)cc2)c1. The summed E-state index contributed by atoms with van der Waals surface area (Å²) in [6.07, 6.45) is 1.82. The molecule has 7 rings (SSSR count).